The molecule has 0 unspecified atom stereocenters. The normalized spacial score (nSPS) is 16.9. The van der Waals surface area contributed by atoms with Crippen LogP contribution in [0.5, 0.6) is 0 Å². The standard InChI is InChI=1S/C11H10F3NO4S/c12-6-3-7(13)9(8(14)4-6)20(18,19)15-5-11(1-2-11)10(16)17/h3-4,15H,1-2,5H2,(H,16,17). The van der Waals surface area contributed by atoms with Crippen LogP contribution in [-0.2, 0) is 14.8 Å². The molecule has 1 aliphatic rings. The molecule has 110 valence electrons. The SMILES string of the molecule is O=C(O)C1(CNS(=O)(=O)c2c(F)cc(F)cc2F)CC1. The number of hydrogen-bond donors (Lipinski definition) is 2. The van der Waals surface area contributed by atoms with Crippen LogP contribution < -0.4 is 4.72 Å². The number of benzene rings is 1. The van der Waals surface area contributed by atoms with Crippen LogP contribution in [0, 0.1) is 22.9 Å². The molecule has 0 radical (unpaired) electrons. The lowest BCUT2D eigenvalue weighted by Crippen LogP contribution is -2.35. The maximum absolute atomic E-state index is 13.4. The molecule has 0 saturated heterocycles. The number of aliphatic carboxylic acids is 1. The average molecular weight is 309 g/mol. The smallest absolute Gasteiger partial charge is 0.310 e. The van der Waals surface area contributed by atoms with E-state index in [1.807, 2.05) is 4.72 Å². The first kappa shape index (κ1) is 14.8. The Bertz CT molecular complexity index is 647. The number of carbonyl (C=O) groups is 1. The zero-order valence-electron chi connectivity index (χ0n) is 9.99. The second-order valence-electron chi connectivity index (χ2n) is 4.61. The molecule has 0 amide bonds. The summed E-state index contributed by atoms with van der Waals surface area (Å²) in [5, 5.41) is 8.88. The molecule has 1 saturated carbocycles. The van der Waals surface area contributed by atoms with Crippen LogP contribution in [0.25, 0.3) is 0 Å². The predicted molar refractivity (Wildman–Crippen MR) is 60.8 cm³/mol. The van der Waals surface area contributed by atoms with Gasteiger partial charge in [-0.05, 0) is 12.8 Å². The molecule has 1 fully saturated rings. The summed E-state index contributed by atoms with van der Waals surface area (Å²) in [6.07, 6.45) is 0.554. The number of rotatable bonds is 5. The van der Waals surface area contributed by atoms with Crippen LogP contribution in [-0.4, -0.2) is 26.0 Å². The molecule has 0 bridgehead atoms. The highest BCUT2D eigenvalue weighted by Crippen LogP contribution is 2.45. The van der Waals surface area contributed by atoms with Gasteiger partial charge in [-0.1, -0.05) is 0 Å². The van der Waals surface area contributed by atoms with Gasteiger partial charge in [0.2, 0.25) is 10.0 Å². The van der Waals surface area contributed by atoms with E-state index < -0.39 is 50.3 Å². The highest BCUT2D eigenvalue weighted by atomic mass is 32.2. The molecule has 0 atom stereocenters. The summed E-state index contributed by atoms with van der Waals surface area (Å²) < 4.78 is 64.9. The van der Waals surface area contributed by atoms with Gasteiger partial charge >= 0.3 is 5.97 Å². The van der Waals surface area contributed by atoms with Gasteiger partial charge in [0.25, 0.3) is 0 Å². The number of carboxylic acids is 1. The van der Waals surface area contributed by atoms with Gasteiger partial charge in [-0.3, -0.25) is 4.79 Å². The first-order valence-electron chi connectivity index (χ1n) is 5.56. The Balaban J connectivity index is 2.26. The minimum atomic E-state index is -4.60. The van der Waals surface area contributed by atoms with Gasteiger partial charge in [-0.15, -0.1) is 0 Å². The largest absolute Gasteiger partial charge is 0.481 e. The van der Waals surface area contributed by atoms with Crippen molar-refractivity contribution < 1.29 is 31.5 Å². The Morgan fingerprint density at radius 3 is 2.15 bits per heavy atom. The fraction of sp³-hybridized carbons (Fsp3) is 0.364. The third-order valence-corrected chi connectivity index (χ3v) is 4.59. The van der Waals surface area contributed by atoms with E-state index in [2.05, 4.69) is 0 Å². The van der Waals surface area contributed by atoms with E-state index in [1.54, 1.807) is 0 Å². The molecule has 9 heteroatoms. The first-order chi connectivity index (χ1) is 9.18. The first-order valence-corrected chi connectivity index (χ1v) is 7.04. The summed E-state index contributed by atoms with van der Waals surface area (Å²) in [6.45, 7) is -0.471. The Hall–Kier alpha value is -1.61. The van der Waals surface area contributed by atoms with E-state index in [4.69, 9.17) is 5.11 Å². The van der Waals surface area contributed by atoms with Gasteiger partial charge in [0.05, 0.1) is 5.41 Å². The van der Waals surface area contributed by atoms with E-state index in [-0.39, 0.29) is 25.0 Å². The minimum absolute atomic E-state index is 0.238. The third kappa shape index (κ3) is 2.63. The highest BCUT2D eigenvalue weighted by Gasteiger charge is 2.50. The number of nitrogens with one attached hydrogen (secondary N) is 1. The van der Waals surface area contributed by atoms with Gasteiger partial charge in [0.1, 0.15) is 17.5 Å². The van der Waals surface area contributed by atoms with Crippen LogP contribution in [0.1, 0.15) is 12.8 Å². The molecule has 1 aliphatic carbocycles. The van der Waals surface area contributed by atoms with Crippen molar-refractivity contribution in [1.82, 2.24) is 4.72 Å². The van der Waals surface area contributed by atoms with Crippen LogP contribution in [0.15, 0.2) is 17.0 Å². The van der Waals surface area contributed by atoms with E-state index in [1.165, 1.54) is 0 Å². The number of hydrogen-bond acceptors (Lipinski definition) is 3. The maximum Gasteiger partial charge on any atom is 0.310 e. The van der Waals surface area contributed by atoms with Crippen LogP contribution in [0.4, 0.5) is 13.2 Å². The van der Waals surface area contributed by atoms with Crippen molar-refractivity contribution in [2.24, 2.45) is 5.41 Å². The molecule has 0 aliphatic heterocycles. The molecule has 1 aromatic carbocycles. The Morgan fingerprint density at radius 2 is 1.75 bits per heavy atom. The zero-order valence-corrected chi connectivity index (χ0v) is 10.8. The lowest BCUT2D eigenvalue weighted by atomic mass is 10.1. The number of halogens is 3. The van der Waals surface area contributed by atoms with Crippen molar-refractivity contribution in [1.29, 1.82) is 0 Å². The quantitative estimate of drug-likeness (QED) is 0.857. The summed E-state index contributed by atoms with van der Waals surface area (Å²) in [4.78, 5) is 9.56. The summed E-state index contributed by atoms with van der Waals surface area (Å²) in [5.41, 5.74) is -1.22. The fourth-order valence-electron chi connectivity index (χ4n) is 1.71. The predicted octanol–water partition coefficient (Wildman–Crippen LogP) is 1.25. The molecular formula is C11H10F3NO4S. The molecular weight excluding hydrogens is 299 g/mol. The summed E-state index contributed by atoms with van der Waals surface area (Å²) in [7, 11) is -4.60. The monoisotopic (exact) mass is 309 g/mol. The summed E-state index contributed by atoms with van der Waals surface area (Å²) in [5.74, 6) is -5.58. The summed E-state index contributed by atoms with van der Waals surface area (Å²) >= 11 is 0. The van der Waals surface area contributed by atoms with Crippen molar-refractivity contribution in [2.45, 2.75) is 17.7 Å². The van der Waals surface area contributed by atoms with Crippen LogP contribution in [0.3, 0.4) is 0 Å². The van der Waals surface area contributed by atoms with Crippen molar-refractivity contribution in [2.75, 3.05) is 6.54 Å². The van der Waals surface area contributed by atoms with Gasteiger partial charge < -0.3 is 5.11 Å². The zero-order chi connectivity index (χ0) is 15.1. The maximum atomic E-state index is 13.4. The molecule has 0 aromatic heterocycles. The second-order valence-corrected chi connectivity index (χ2v) is 6.31. The summed E-state index contributed by atoms with van der Waals surface area (Å²) in [6, 6.07) is 0.476. The van der Waals surface area contributed by atoms with E-state index in [0.717, 1.165) is 0 Å². The molecule has 1 aromatic rings. The van der Waals surface area contributed by atoms with E-state index >= 15 is 0 Å². The average Bonchev–Trinajstić information content (AvgIpc) is 3.05. The fourth-order valence-corrected chi connectivity index (χ4v) is 2.95. The van der Waals surface area contributed by atoms with Crippen molar-refractivity contribution in [3.05, 3.63) is 29.6 Å². The topological polar surface area (TPSA) is 83.5 Å². The van der Waals surface area contributed by atoms with Crippen LogP contribution >= 0.6 is 0 Å². The second kappa shape index (κ2) is 4.74. The Kier molecular flexibility index (Phi) is 3.51. The highest BCUT2D eigenvalue weighted by molar-refractivity contribution is 7.89. The van der Waals surface area contributed by atoms with Crippen LogP contribution in [0.2, 0.25) is 0 Å². The Labute approximate surface area is 112 Å². The molecule has 2 rings (SSSR count). The van der Waals surface area contributed by atoms with Crippen molar-refractivity contribution >= 4 is 16.0 Å². The van der Waals surface area contributed by atoms with Gasteiger partial charge in [-0.2, -0.15) is 0 Å². The van der Waals surface area contributed by atoms with Gasteiger partial charge in [0.15, 0.2) is 4.90 Å². The molecule has 0 heterocycles. The molecule has 20 heavy (non-hydrogen) atoms. The minimum Gasteiger partial charge on any atom is -0.481 e. The van der Waals surface area contributed by atoms with Crippen molar-refractivity contribution in [3.63, 3.8) is 0 Å². The van der Waals surface area contributed by atoms with Crippen molar-refractivity contribution in [3.8, 4) is 0 Å². The Morgan fingerprint density at radius 1 is 1.25 bits per heavy atom. The van der Waals surface area contributed by atoms with Gasteiger partial charge in [0, 0.05) is 18.7 Å². The number of carboxylic acid groups (broad SMARTS) is 1. The molecule has 5 nitrogen and oxygen atoms in total. The lowest BCUT2D eigenvalue weighted by Gasteiger charge is -2.12. The lowest BCUT2D eigenvalue weighted by molar-refractivity contribution is -0.143. The van der Waals surface area contributed by atoms with E-state index in [0.29, 0.717) is 0 Å². The molecule has 2 N–H and O–H groups in total. The van der Waals surface area contributed by atoms with E-state index in [9.17, 15) is 26.4 Å². The van der Waals surface area contributed by atoms with Gasteiger partial charge in [-0.25, -0.2) is 26.3 Å². The number of sulfonamides is 1. The molecule has 0 spiro atoms. The third-order valence-electron chi connectivity index (χ3n) is 3.14.